The average Bonchev–Trinajstić information content (AvgIpc) is 2.80. The zero-order chi connectivity index (χ0) is 11.4. The van der Waals surface area contributed by atoms with E-state index in [0.29, 0.717) is 18.9 Å². The Bertz CT molecular complexity index is 223. The smallest absolute Gasteiger partial charge is 0.317 e. The monoisotopic (exact) mass is 220 g/mol. The summed E-state index contributed by atoms with van der Waals surface area (Å²) in [5.74, 6) is 0.490. The Hall–Kier alpha value is -0.870. The molecule has 1 fully saturated rings. The summed E-state index contributed by atoms with van der Waals surface area (Å²) in [5.41, 5.74) is 0. The number of halogens is 2. The summed E-state index contributed by atoms with van der Waals surface area (Å²) in [7, 11) is 0. The second kappa shape index (κ2) is 5.28. The van der Waals surface area contributed by atoms with E-state index in [-0.39, 0.29) is 12.1 Å². The van der Waals surface area contributed by atoms with Crippen molar-refractivity contribution in [3.05, 3.63) is 0 Å². The Kier molecular flexibility index (Phi) is 4.29. The van der Waals surface area contributed by atoms with Crippen molar-refractivity contribution in [1.82, 2.24) is 10.2 Å². The third-order valence-electron chi connectivity index (χ3n) is 2.56. The van der Waals surface area contributed by atoms with Crippen molar-refractivity contribution >= 4 is 6.03 Å². The van der Waals surface area contributed by atoms with E-state index in [9.17, 15) is 13.6 Å². The molecule has 0 bridgehead atoms. The van der Waals surface area contributed by atoms with Crippen molar-refractivity contribution in [1.29, 1.82) is 0 Å². The molecular weight excluding hydrogens is 202 g/mol. The first-order valence-corrected chi connectivity index (χ1v) is 5.38. The van der Waals surface area contributed by atoms with Crippen LogP contribution in [0, 0.1) is 5.92 Å². The standard InChI is InChI=1S/C10H18F2N2O/c1-3-4-14(6-9(11)12)10(15)13-8-5-7(8)2/h7-9H,3-6H2,1-2H3,(H,13,15)/t7-,8-/m1/s1. The number of hydrogen-bond acceptors (Lipinski definition) is 1. The lowest BCUT2D eigenvalue weighted by atomic mass is 10.4. The molecule has 0 radical (unpaired) electrons. The van der Waals surface area contributed by atoms with Gasteiger partial charge in [0.1, 0.15) is 0 Å². The van der Waals surface area contributed by atoms with Crippen LogP contribution in [0.3, 0.4) is 0 Å². The van der Waals surface area contributed by atoms with Crippen LogP contribution in [0.5, 0.6) is 0 Å². The van der Waals surface area contributed by atoms with E-state index in [1.165, 1.54) is 4.90 Å². The van der Waals surface area contributed by atoms with Crippen LogP contribution < -0.4 is 5.32 Å². The molecule has 0 spiro atoms. The molecule has 1 rings (SSSR count). The topological polar surface area (TPSA) is 32.3 Å². The van der Waals surface area contributed by atoms with E-state index in [1.807, 2.05) is 13.8 Å². The Balaban J connectivity index is 2.36. The van der Waals surface area contributed by atoms with Crippen LogP contribution in [0.1, 0.15) is 26.7 Å². The third-order valence-corrected chi connectivity index (χ3v) is 2.56. The van der Waals surface area contributed by atoms with Gasteiger partial charge < -0.3 is 10.2 Å². The maximum absolute atomic E-state index is 12.2. The second-order valence-corrected chi connectivity index (χ2v) is 4.11. The number of urea groups is 1. The van der Waals surface area contributed by atoms with Crippen LogP contribution in [-0.4, -0.2) is 36.5 Å². The van der Waals surface area contributed by atoms with Gasteiger partial charge in [0.15, 0.2) is 0 Å². The quantitative estimate of drug-likeness (QED) is 0.756. The summed E-state index contributed by atoms with van der Waals surface area (Å²) in [6.45, 7) is 3.81. The minimum atomic E-state index is -2.46. The van der Waals surface area contributed by atoms with E-state index < -0.39 is 13.0 Å². The van der Waals surface area contributed by atoms with Crippen molar-refractivity contribution < 1.29 is 13.6 Å². The Morgan fingerprint density at radius 3 is 2.60 bits per heavy atom. The largest absolute Gasteiger partial charge is 0.335 e. The molecule has 0 aromatic rings. The number of hydrogen-bond donors (Lipinski definition) is 1. The highest BCUT2D eigenvalue weighted by Crippen LogP contribution is 2.29. The lowest BCUT2D eigenvalue weighted by Crippen LogP contribution is -2.44. The number of carbonyl (C=O) groups is 1. The van der Waals surface area contributed by atoms with Crippen LogP contribution in [0.15, 0.2) is 0 Å². The van der Waals surface area contributed by atoms with E-state index >= 15 is 0 Å². The van der Waals surface area contributed by atoms with Crippen molar-refractivity contribution in [3.63, 3.8) is 0 Å². The molecule has 0 aliphatic heterocycles. The summed E-state index contributed by atoms with van der Waals surface area (Å²) >= 11 is 0. The maximum atomic E-state index is 12.2. The molecule has 2 atom stereocenters. The van der Waals surface area contributed by atoms with Crippen molar-refractivity contribution in [2.45, 2.75) is 39.2 Å². The summed E-state index contributed by atoms with van der Waals surface area (Å²) in [4.78, 5) is 12.7. The highest BCUT2D eigenvalue weighted by atomic mass is 19.3. The first-order valence-electron chi connectivity index (χ1n) is 5.38. The highest BCUT2D eigenvalue weighted by Gasteiger charge is 2.35. The summed E-state index contributed by atoms with van der Waals surface area (Å²) in [5, 5.41) is 2.75. The van der Waals surface area contributed by atoms with Crippen LogP contribution in [0.25, 0.3) is 0 Å². The summed E-state index contributed by atoms with van der Waals surface area (Å²) in [6.07, 6.45) is -0.806. The molecule has 3 nitrogen and oxygen atoms in total. The fourth-order valence-electron chi connectivity index (χ4n) is 1.49. The minimum Gasteiger partial charge on any atom is -0.335 e. The zero-order valence-corrected chi connectivity index (χ0v) is 9.17. The molecule has 1 aliphatic carbocycles. The molecule has 0 unspecified atom stereocenters. The van der Waals surface area contributed by atoms with Gasteiger partial charge in [-0.3, -0.25) is 0 Å². The first-order chi connectivity index (χ1) is 7.04. The Morgan fingerprint density at radius 1 is 1.60 bits per heavy atom. The van der Waals surface area contributed by atoms with Gasteiger partial charge in [0.05, 0.1) is 6.54 Å². The molecule has 0 aromatic heterocycles. The number of nitrogens with one attached hydrogen (secondary N) is 1. The van der Waals surface area contributed by atoms with Gasteiger partial charge in [-0.2, -0.15) is 0 Å². The maximum Gasteiger partial charge on any atom is 0.317 e. The number of carbonyl (C=O) groups excluding carboxylic acids is 1. The molecule has 88 valence electrons. The average molecular weight is 220 g/mol. The highest BCUT2D eigenvalue weighted by molar-refractivity contribution is 5.74. The Morgan fingerprint density at radius 2 is 2.20 bits per heavy atom. The SMILES string of the molecule is CCCN(CC(F)F)C(=O)N[C@@H]1C[C@H]1C. The molecule has 2 amide bonds. The third kappa shape index (κ3) is 4.01. The Labute approximate surface area is 88.8 Å². The van der Waals surface area contributed by atoms with Gasteiger partial charge in [-0.05, 0) is 18.8 Å². The van der Waals surface area contributed by atoms with Crippen LogP contribution in [0.4, 0.5) is 13.6 Å². The number of rotatable bonds is 5. The van der Waals surface area contributed by atoms with Crippen LogP contribution in [0.2, 0.25) is 0 Å². The summed E-state index contributed by atoms with van der Waals surface area (Å²) in [6, 6.07) is -0.166. The lowest BCUT2D eigenvalue weighted by molar-refractivity contribution is 0.0981. The predicted molar refractivity (Wildman–Crippen MR) is 54.0 cm³/mol. The number of amides is 2. The molecule has 0 heterocycles. The van der Waals surface area contributed by atoms with Crippen molar-refractivity contribution in [2.75, 3.05) is 13.1 Å². The van der Waals surface area contributed by atoms with E-state index in [4.69, 9.17) is 0 Å². The van der Waals surface area contributed by atoms with Crippen LogP contribution in [-0.2, 0) is 0 Å². The van der Waals surface area contributed by atoms with Crippen molar-refractivity contribution in [3.8, 4) is 0 Å². The van der Waals surface area contributed by atoms with Crippen molar-refractivity contribution in [2.24, 2.45) is 5.92 Å². The van der Waals surface area contributed by atoms with E-state index in [0.717, 1.165) is 6.42 Å². The number of nitrogens with zero attached hydrogens (tertiary/aromatic N) is 1. The van der Waals surface area contributed by atoms with Gasteiger partial charge in [-0.15, -0.1) is 0 Å². The molecule has 0 aromatic carbocycles. The molecular formula is C10H18F2N2O. The van der Waals surface area contributed by atoms with E-state index in [1.54, 1.807) is 0 Å². The predicted octanol–water partition coefficient (Wildman–Crippen LogP) is 2.08. The molecule has 0 saturated heterocycles. The lowest BCUT2D eigenvalue weighted by Gasteiger charge is -2.22. The van der Waals surface area contributed by atoms with Gasteiger partial charge in [-0.1, -0.05) is 13.8 Å². The first kappa shape index (κ1) is 12.2. The molecule has 1 saturated carbocycles. The van der Waals surface area contributed by atoms with Gasteiger partial charge in [0.2, 0.25) is 0 Å². The fraction of sp³-hybridized carbons (Fsp3) is 0.900. The molecule has 5 heteroatoms. The van der Waals surface area contributed by atoms with E-state index in [2.05, 4.69) is 5.32 Å². The fourth-order valence-corrected chi connectivity index (χ4v) is 1.49. The normalized spacial score (nSPS) is 24.1. The second-order valence-electron chi connectivity index (χ2n) is 4.11. The van der Waals surface area contributed by atoms with Gasteiger partial charge >= 0.3 is 6.03 Å². The van der Waals surface area contributed by atoms with Gasteiger partial charge in [0.25, 0.3) is 6.43 Å². The molecule has 15 heavy (non-hydrogen) atoms. The minimum absolute atomic E-state index is 0.189. The van der Waals surface area contributed by atoms with Gasteiger partial charge in [0, 0.05) is 12.6 Å². The summed E-state index contributed by atoms with van der Waals surface area (Å²) < 4.78 is 24.4. The molecule has 1 N–H and O–H groups in total. The van der Waals surface area contributed by atoms with Gasteiger partial charge in [-0.25, -0.2) is 13.6 Å². The zero-order valence-electron chi connectivity index (χ0n) is 9.17. The van der Waals surface area contributed by atoms with Crippen LogP contribution >= 0.6 is 0 Å². The number of alkyl halides is 2. The molecule has 1 aliphatic rings.